The molecule has 0 saturated heterocycles. The number of hydrogen-bond donors (Lipinski definition) is 5. The normalized spacial score (nSPS) is 15.7. The Balaban J connectivity index is 5.00. The van der Waals surface area contributed by atoms with Crippen LogP contribution in [-0.2, 0) is 19.2 Å². The second-order valence-electron chi connectivity index (χ2n) is 6.74. The number of carbonyl (C=O) groups excluding carboxylic acids is 3. The molecule has 0 saturated carbocycles. The number of nitrogens with one attached hydrogen (secondary N) is 3. The molecule has 0 bridgehead atoms. The van der Waals surface area contributed by atoms with Crippen molar-refractivity contribution in [3.05, 3.63) is 0 Å². The summed E-state index contributed by atoms with van der Waals surface area (Å²) in [6.45, 7) is 8.21. The summed E-state index contributed by atoms with van der Waals surface area (Å²) in [5.41, 5.74) is 0. The number of aliphatic hydroxyl groups excluding tert-OH is 1. The molecule has 0 aliphatic heterocycles. The zero-order chi connectivity index (χ0) is 20.4. The number of carbonyl (C=O) groups is 4. The molecule has 26 heavy (non-hydrogen) atoms. The molecule has 0 radical (unpaired) electrons. The Kier molecular flexibility index (Phi) is 10.7. The lowest BCUT2D eigenvalue weighted by Gasteiger charge is -2.27. The summed E-state index contributed by atoms with van der Waals surface area (Å²) in [5, 5.41) is 26.7. The maximum atomic E-state index is 12.4. The van der Waals surface area contributed by atoms with Gasteiger partial charge in [-0.3, -0.25) is 24.5 Å². The van der Waals surface area contributed by atoms with Crippen molar-refractivity contribution in [1.82, 2.24) is 16.0 Å². The molecule has 0 spiro atoms. The number of amides is 2. The van der Waals surface area contributed by atoms with Gasteiger partial charge < -0.3 is 20.8 Å². The smallest absolute Gasteiger partial charge is 0.305 e. The van der Waals surface area contributed by atoms with Crippen molar-refractivity contribution in [2.45, 2.75) is 65.8 Å². The quantitative estimate of drug-likeness (QED) is 0.293. The summed E-state index contributed by atoms with van der Waals surface area (Å²) in [6, 6.07) is -2.02. The second kappa shape index (κ2) is 11.6. The first-order valence-electron chi connectivity index (χ1n) is 8.72. The molecule has 0 aromatic carbocycles. The van der Waals surface area contributed by atoms with Gasteiger partial charge in [-0.05, 0) is 12.3 Å². The number of carboxylic acid groups (broad SMARTS) is 1. The zero-order valence-corrected chi connectivity index (χ0v) is 16.0. The van der Waals surface area contributed by atoms with Gasteiger partial charge in [0, 0.05) is 12.8 Å². The van der Waals surface area contributed by atoms with Gasteiger partial charge in [-0.1, -0.05) is 27.7 Å². The van der Waals surface area contributed by atoms with Crippen molar-refractivity contribution in [2.24, 2.45) is 11.8 Å². The lowest BCUT2D eigenvalue weighted by molar-refractivity contribution is -0.139. The van der Waals surface area contributed by atoms with E-state index in [-0.39, 0.29) is 24.2 Å². The summed E-state index contributed by atoms with van der Waals surface area (Å²) in [5.74, 6) is -2.76. The van der Waals surface area contributed by atoms with Gasteiger partial charge in [-0.25, -0.2) is 0 Å². The summed E-state index contributed by atoms with van der Waals surface area (Å²) < 4.78 is 0. The first-order valence-corrected chi connectivity index (χ1v) is 8.72. The van der Waals surface area contributed by atoms with Crippen molar-refractivity contribution in [2.75, 3.05) is 6.54 Å². The minimum atomic E-state index is -1.42. The van der Waals surface area contributed by atoms with Crippen LogP contribution in [0.5, 0.6) is 0 Å². The number of aliphatic hydroxyl groups is 1. The van der Waals surface area contributed by atoms with Crippen molar-refractivity contribution < 1.29 is 29.4 Å². The molecule has 4 unspecified atom stereocenters. The topological polar surface area (TPSA) is 145 Å². The van der Waals surface area contributed by atoms with E-state index in [0.717, 1.165) is 0 Å². The highest BCUT2D eigenvalue weighted by molar-refractivity contribution is 5.87. The van der Waals surface area contributed by atoms with Crippen LogP contribution in [-0.4, -0.2) is 58.6 Å². The Labute approximate surface area is 153 Å². The van der Waals surface area contributed by atoms with Crippen molar-refractivity contribution >= 4 is 23.6 Å². The summed E-state index contributed by atoms with van der Waals surface area (Å²) in [6.07, 6.45) is -1.31. The van der Waals surface area contributed by atoms with Crippen LogP contribution in [0.2, 0.25) is 0 Å². The molecule has 4 atom stereocenters. The van der Waals surface area contributed by atoms with E-state index in [2.05, 4.69) is 16.0 Å². The van der Waals surface area contributed by atoms with E-state index < -0.39 is 42.5 Å². The maximum absolute atomic E-state index is 12.4. The van der Waals surface area contributed by atoms with Crippen LogP contribution in [0.15, 0.2) is 0 Å². The molecule has 5 N–H and O–H groups in total. The predicted molar refractivity (Wildman–Crippen MR) is 95.1 cm³/mol. The minimum Gasteiger partial charge on any atom is -0.481 e. The van der Waals surface area contributed by atoms with Gasteiger partial charge in [-0.2, -0.15) is 0 Å². The Morgan fingerprint density at radius 1 is 1.04 bits per heavy atom. The van der Waals surface area contributed by atoms with Crippen LogP contribution in [0.25, 0.3) is 0 Å². The Hall–Kier alpha value is -2.00. The molecule has 150 valence electrons. The van der Waals surface area contributed by atoms with E-state index in [1.165, 1.54) is 6.92 Å². The Bertz CT molecular complexity index is 509. The van der Waals surface area contributed by atoms with Gasteiger partial charge >= 0.3 is 5.97 Å². The third-order valence-electron chi connectivity index (χ3n) is 4.06. The molecule has 0 heterocycles. The monoisotopic (exact) mass is 373 g/mol. The average Bonchev–Trinajstić information content (AvgIpc) is 2.54. The maximum Gasteiger partial charge on any atom is 0.305 e. The first-order chi connectivity index (χ1) is 12.0. The highest BCUT2D eigenvalue weighted by atomic mass is 16.4. The van der Waals surface area contributed by atoms with E-state index in [0.29, 0.717) is 6.42 Å². The summed E-state index contributed by atoms with van der Waals surface area (Å²) in [7, 11) is 0. The van der Waals surface area contributed by atoms with E-state index >= 15 is 0 Å². The number of Topliss-reactive ketones (excluding diaryl/α,β-unsaturated/α-hetero) is 1. The molecule has 9 nitrogen and oxygen atoms in total. The standard InChI is InChI=1S/C17H31N3O6/c1-6-10(4)13(22)8-18-16(25)12(7-14(23)24)20-17(26)15(9(2)3)19-11(5)21/h9-10,12,15-16,18,25H,6-8H2,1-5H3,(H,19,21)(H,20,26)(H,23,24). The van der Waals surface area contributed by atoms with Gasteiger partial charge in [-0.15, -0.1) is 0 Å². The van der Waals surface area contributed by atoms with Crippen molar-refractivity contribution in [3.63, 3.8) is 0 Å². The highest BCUT2D eigenvalue weighted by Crippen LogP contribution is 2.06. The first kappa shape index (κ1) is 24.0. The molecular weight excluding hydrogens is 342 g/mol. The van der Waals surface area contributed by atoms with E-state index in [1.54, 1.807) is 20.8 Å². The lowest BCUT2D eigenvalue weighted by atomic mass is 10.0. The molecule has 9 heteroatoms. The fraction of sp³-hybridized carbons (Fsp3) is 0.765. The molecule has 0 aliphatic carbocycles. The van der Waals surface area contributed by atoms with Crippen molar-refractivity contribution in [3.8, 4) is 0 Å². The zero-order valence-electron chi connectivity index (χ0n) is 16.0. The van der Waals surface area contributed by atoms with Gasteiger partial charge in [0.25, 0.3) is 0 Å². The Morgan fingerprint density at radius 3 is 2.04 bits per heavy atom. The van der Waals surface area contributed by atoms with Crippen LogP contribution < -0.4 is 16.0 Å². The van der Waals surface area contributed by atoms with Crippen LogP contribution in [0.3, 0.4) is 0 Å². The summed E-state index contributed by atoms with van der Waals surface area (Å²) >= 11 is 0. The molecule has 0 aromatic rings. The summed E-state index contributed by atoms with van der Waals surface area (Å²) in [4.78, 5) is 46.5. The molecule has 0 rings (SSSR count). The second-order valence-corrected chi connectivity index (χ2v) is 6.74. The molecular formula is C17H31N3O6. The number of rotatable bonds is 12. The van der Waals surface area contributed by atoms with E-state index in [1.807, 2.05) is 6.92 Å². The molecule has 2 amide bonds. The van der Waals surface area contributed by atoms with Crippen molar-refractivity contribution in [1.29, 1.82) is 0 Å². The lowest BCUT2D eigenvalue weighted by Crippen LogP contribution is -2.57. The van der Waals surface area contributed by atoms with Crippen LogP contribution in [0.1, 0.15) is 47.5 Å². The minimum absolute atomic E-state index is 0.120. The molecule has 0 fully saturated rings. The van der Waals surface area contributed by atoms with Crippen LogP contribution >= 0.6 is 0 Å². The average molecular weight is 373 g/mol. The number of aliphatic carboxylic acids is 1. The molecule has 0 aliphatic rings. The number of ketones is 1. The largest absolute Gasteiger partial charge is 0.481 e. The van der Waals surface area contributed by atoms with E-state index in [4.69, 9.17) is 5.11 Å². The van der Waals surface area contributed by atoms with Crippen LogP contribution in [0.4, 0.5) is 0 Å². The third-order valence-corrected chi connectivity index (χ3v) is 4.06. The highest BCUT2D eigenvalue weighted by Gasteiger charge is 2.29. The molecule has 0 aromatic heterocycles. The fourth-order valence-corrected chi connectivity index (χ4v) is 2.21. The van der Waals surface area contributed by atoms with Gasteiger partial charge in [0.15, 0.2) is 0 Å². The number of carboxylic acids is 1. The third kappa shape index (κ3) is 8.91. The number of hydrogen-bond acceptors (Lipinski definition) is 6. The Morgan fingerprint density at radius 2 is 1.62 bits per heavy atom. The predicted octanol–water partition coefficient (Wildman–Crippen LogP) is -0.370. The van der Waals surface area contributed by atoms with Gasteiger partial charge in [0.2, 0.25) is 11.8 Å². The van der Waals surface area contributed by atoms with Crippen LogP contribution in [0, 0.1) is 11.8 Å². The van der Waals surface area contributed by atoms with Gasteiger partial charge in [0.1, 0.15) is 18.1 Å². The van der Waals surface area contributed by atoms with Gasteiger partial charge in [0.05, 0.1) is 19.0 Å². The fourth-order valence-electron chi connectivity index (χ4n) is 2.21. The SMILES string of the molecule is CCC(C)C(=O)CNC(O)C(CC(=O)O)NC(=O)C(NC(C)=O)C(C)C. The van der Waals surface area contributed by atoms with E-state index in [9.17, 15) is 24.3 Å².